The number of rotatable bonds is 2. The van der Waals surface area contributed by atoms with E-state index in [1.54, 1.807) is 0 Å². The van der Waals surface area contributed by atoms with Crippen LogP contribution in [0.2, 0.25) is 0 Å². The summed E-state index contributed by atoms with van der Waals surface area (Å²) in [6.45, 7) is 6.67. The van der Waals surface area contributed by atoms with Crippen LogP contribution < -0.4 is 10.2 Å². The molecule has 106 valence electrons. The first kappa shape index (κ1) is 13.1. The van der Waals surface area contributed by atoms with Crippen LogP contribution in [0.1, 0.15) is 12.5 Å². The Balaban J connectivity index is 1.86. The fourth-order valence-electron chi connectivity index (χ4n) is 2.51. The fraction of sp³-hybridized carbons (Fsp3) is 0.429. The topological polar surface area (TPSA) is 56.8 Å². The lowest BCUT2D eigenvalue weighted by Gasteiger charge is -2.30. The van der Waals surface area contributed by atoms with E-state index in [-0.39, 0.29) is 5.82 Å². The minimum Gasteiger partial charge on any atom is -0.337 e. The molecule has 5 nitrogen and oxygen atoms in total. The van der Waals surface area contributed by atoms with Gasteiger partial charge in [-0.15, -0.1) is 5.10 Å². The summed E-state index contributed by atoms with van der Waals surface area (Å²) in [7, 11) is 0. The molecule has 1 unspecified atom stereocenters. The first-order chi connectivity index (χ1) is 9.61. The first-order valence-corrected chi connectivity index (χ1v) is 6.80. The zero-order valence-electron chi connectivity index (χ0n) is 11.7. The van der Waals surface area contributed by atoms with Gasteiger partial charge in [0, 0.05) is 31.2 Å². The highest BCUT2D eigenvalue weighted by Crippen LogP contribution is 2.20. The van der Waals surface area contributed by atoms with E-state index in [0.29, 0.717) is 17.8 Å². The summed E-state index contributed by atoms with van der Waals surface area (Å²) in [6.07, 6.45) is 0. The second-order valence-corrected chi connectivity index (χ2v) is 5.30. The zero-order chi connectivity index (χ0) is 14.1. The largest absolute Gasteiger partial charge is 0.337 e. The third-order valence-electron chi connectivity index (χ3n) is 3.44. The molecule has 1 aliphatic rings. The summed E-state index contributed by atoms with van der Waals surface area (Å²) in [5.74, 6) is 1.03. The van der Waals surface area contributed by atoms with Crippen molar-refractivity contribution in [1.82, 2.24) is 20.5 Å². The Labute approximate surface area is 117 Å². The van der Waals surface area contributed by atoms with Gasteiger partial charge in [-0.2, -0.15) is 4.98 Å². The number of halogens is 1. The van der Waals surface area contributed by atoms with E-state index in [2.05, 4.69) is 32.3 Å². The number of piperazine rings is 1. The Morgan fingerprint density at radius 3 is 2.95 bits per heavy atom. The zero-order valence-corrected chi connectivity index (χ0v) is 11.7. The lowest BCUT2D eigenvalue weighted by Crippen LogP contribution is -2.49. The van der Waals surface area contributed by atoms with Crippen LogP contribution in [-0.2, 0) is 0 Å². The van der Waals surface area contributed by atoms with Crippen molar-refractivity contribution in [3.8, 4) is 11.4 Å². The van der Waals surface area contributed by atoms with E-state index in [0.717, 1.165) is 30.8 Å². The van der Waals surface area contributed by atoms with Gasteiger partial charge in [0.15, 0.2) is 5.82 Å². The molecule has 3 rings (SSSR count). The molecule has 0 radical (unpaired) electrons. The number of H-pyrrole nitrogens is 1. The summed E-state index contributed by atoms with van der Waals surface area (Å²) in [5.41, 5.74) is 1.60. The second-order valence-electron chi connectivity index (χ2n) is 5.30. The minimum absolute atomic E-state index is 0.256. The Morgan fingerprint density at radius 2 is 2.20 bits per heavy atom. The van der Waals surface area contributed by atoms with Gasteiger partial charge in [-0.3, -0.25) is 5.10 Å². The maximum absolute atomic E-state index is 13.4. The van der Waals surface area contributed by atoms with Crippen LogP contribution in [0, 0.1) is 12.7 Å². The van der Waals surface area contributed by atoms with Gasteiger partial charge < -0.3 is 10.2 Å². The van der Waals surface area contributed by atoms with E-state index >= 15 is 0 Å². The molecule has 1 aliphatic heterocycles. The Hall–Kier alpha value is -1.95. The predicted molar refractivity (Wildman–Crippen MR) is 76.2 cm³/mol. The van der Waals surface area contributed by atoms with E-state index in [1.807, 2.05) is 13.0 Å². The molecule has 2 aromatic rings. The molecule has 1 aromatic carbocycles. The standard InChI is InChI=1S/C14H18FN5/c1-9-5-11(7-12(15)6-9)13-17-14(19-18-13)20-4-3-16-10(2)8-20/h5-7,10,16H,3-4,8H2,1-2H3,(H,17,18,19). The van der Waals surface area contributed by atoms with Gasteiger partial charge in [0.1, 0.15) is 5.82 Å². The minimum atomic E-state index is -0.256. The second kappa shape index (κ2) is 5.20. The van der Waals surface area contributed by atoms with Gasteiger partial charge in [0.2, 0.25) is 5.95 Å². The van der Waals surface area contributed by atoms with E-state index < -0.39 is 0 Å². The van der Waals surface area contributed by atoms with Crippen molar-refractivity contribution >= 4 is 5.95 Å². The third-order valence-corrected chi connectivity index (χ3v) is 3.44. The summed E-state index contributed by atoms with van der Waals surface area (Å²) in [5, 5.41) is 10.5. The summed E-state index contributed by atoms with van der Waals surface area (Å²) in [4.78, 5) is 6.62. The molecule has 1 fully saturated rings. The number of aryl methyl sites for hydroxylation is 1. The molecule has 1 atom stereocenters. The quantitative estimate of drug-likeness (QED) is 0.876. The Kier molecular flexibility index (Phi) is 3.40. The van der Waals surface area contributed by atoms with Crippen LogP contribution >= 0.6 is 0 Å². The van der Waals surface area contributed by atoms with E-state index in [9.17, 15) is 4.39 Å². The van der Waals surface area contributed by atoms with E-state index in [1.165, 1.54) is 12.1 Å². The SMILES string of the molecule is Cc1cc(F)cc(-c2nc(N3CCNC(C)C3)n[nH]2)c1. The molecule has 0 saturated carbocycles. The maximum Gasteiger partial charge on any atom is 0.245 e. The van der Waals surface area contributed by atoms with Crippen LogP contribution in [0.15, 0.2) is 18.2 Å². The number of anilines is 1. The number of hydrogen-bond donors (Lipinski definition) is 2. The molecule has 0 amide bonds. The summed E-state index contributed by atoms with van der Waals surface area (Å²) < 4.78 is 13.4. The third kappa shape index (κ3) is 2.65. The van der Waals surface area contributed by atoms with Crippen molar-refractivity contribution in [1.29, 1.82) is 0 Å². The lowest BCUT2D eigenvalue weighted by molar-refractivity contribution is 0.480. The molecule has 20 heavy (non-hydrogen) atoms. The Bertz CT molecular complexity index is 589. The van der Waals surface area contributed by atoms with Crippen molar-refractivity contribution < 1.29 is 4.39 Å². The normalized spacial score (nSPS) is 19.4. The average molecular weight is 275 g/mol. The number of nitrogens with zero attached hydrogens (tertiary/aromatic N) is 3. The maximum atomic E-state index is 13.4. The first-order valence-electron chi connectivity index (χ1n) is 6.80. The number of aromatic amines is 1. The number of hydrogen-bond acceptors (Lipinski definition) is 4. The Morgan fingerprint density at radius 1 is 1.35 bits per heavy atom. The average Bonchev–Trinajstić information content (AvgIpc) is 2.87. The van der Waals surface area contributed by atoms with Gasteiger partial charge >= 0.3 is 0 Å². The van der Waals surface area contributed by atoms with Crippen LogP contribution in [0.3, 0.4) is 0 Å². The molecule has 1 saturated heterocycles. The van der Waals surface area contributed by atoms with Crippen LogP contribution in [0.4, 0.5) is 10.3 Å². The van der Waals surface area contributed by atoms with Crippen molar-refractivity contribution in [2.45, 2.75) is 19.9 Å². The van der Waals surface area contributed by atoms with Crippen molar-refractivity contribution in [3.05, 3.63) is 29.6 Å². The van der Waals surface area contributed by atoms with Crippen LogP contribution in [0.5, 0.6) is 0 Å². The highest BCUT2D eigenvalue weighted by Gasteiger charge is 2.19. The van der Waals surface area contributed by atoms with Gasteiger partial charge in [0.05, 0.1) is 0 Å². The molecular formula is C14H18FN5. The van der Waals surface area contributed by atoms with Gasteiger partial charge in [0.25, 0.3) is 0 Å². The molecule has 0 bridgehead atoms. The predicted octanol–water partition coefficient (Wildman–Crippen LogP) is 1.72. The van der Waals surface area contributed by atoms with Crippen molar-refractivity contribution in [2.24, 2.45) is 0 Å². The van der Waals surface area contributed by atoms with E-state index in [4.69, 9.17) is 0 Å². The summed E-state index contributed by atoms with van der Waals surface area (Å²) >= 11 is 0. The summed E-state index contributed by atoms with van der Waals surface area (Å²) in [6, 6.07) is 5.28. The van der Waals surface area contributed by atoms with Gasteiger partial charge in [-0.1, -0.05) is 0 Å². The van der Waals surface area contributed by atoms with Crippen LogP contribution in [-0.4, -0.2) is 40.9 Å². The highest BCUT2D eigenvalue weighted by atomic mass is 19.1. The molecule has 6 heteroatoms. The lowest BCUT2D eigenvalue weighted by atomic mass is 10.1. The molecule has 2 N–H and O–H groups in total. The molecule has 1 aromatic heterocycles. The van der Waals surface area contributed by atoms with Crippen molar-refractivity contribution in [3.63, 3.8) is 0 Å². The number of nitrogens with one attached hydrogen (secondary N) is 2. The van der Waals surface area contributed by atoms with Crippen LogP contribution in [0.25, 0.3) is 11.4 Å². The molecule has 2 heterocycles. The smallest absolute Gasteiger partial charge is 0.245 e. The molecule has 0 spiro atoms. The number of benzene rings is 1. The molecule has 0 aliphatic carbocycles. The highest BCUT2D eigenvalue weighted by molar-refractivity contribution is 5.57. The molecular weight excluding hydrogens is 257 g/mol. The fourth-order valence-corrected chi connectivity index (χ4v) is 2.51. The monoisotopic (exact) mass is 275 g/mol. The number of aromatic nitrogens is 3. The van der Waals surface area contributed by atoms with Gasteiger partial charge in [-0.05, 0) is 37.6 Å². The van der Waals surface area contributed by atoms with Gasteiger partial charge in [-0.25, -0.2) is 4.39 Å². The van der Waals surface area contributed by atoms with Crippen molar-refractivity contribution in [2.75, 3.05) is 24.5 Å².